The second-order valence-electron chi connectivity index (χ2n) is 4.46. The molecule has 0 aromatic heterocycles. The summed E-state index contributed by atoms with van der Waals surface area (Å²) in [5.74, 6) is 0.0685. The van der Waals surface area contributed by atoms with Crippen molar-refractivity contribution in [1.29, 1.82) is 5.26 Å². The van der Waals surface area contributed by atoms with Crippen LogP contribution in [0.15, 0.2) is 24.3 Å². The minimum absolute atomic E-state index is 0.0685. The van der Waals surface area contributed by atoms with E-state index in [0.717, 1.165) is 12.8 Å². The van der Waals surface area contributed by atoms with E-state index >= 15 is 0 Å². The van der Waals surface area contributed by atoms with E-state index in [1.54, 1.807) is 4.90 Å². The van der Waals surface area contributed by atoms with Crippen LogP contribution in [0.1, 0.15) is 30.9 Å². The molecule has 1 aromatic rings. The summed E-state index contributed by atoms with van der Waals surface area (Å²) in [7, 11) is 0. The zero-order chi connectivity index (χ0) is 13.4. The van der Waals surface area contributed by atoms with Crippen LogP contribution in [0, 0.1) is 18.3 Å². The van der Waals surface area contributed by atoms with Gasteiger partial charge in [0, 0.05) is 13.0 Å². The molecule has 0 saturated carbocycles. The molecule has 0 N–H and O–H groups in total. The largest absolute Gasteiger partial charge is 0.329 e. The monoisotopic (exact) mass is 244 g/mol. The van der Waals surface area contributed by atoms with Gasteiger partial charge >= 0.3 is 0 Å². The standard InChI is InChI=1S/C15H20N2O/c1-3-11-17(12-10-16)15(18)9-8-14-6-4-13(2)5-7-14/h4-7H,3,8-9,11-12H2,1-2H3. The molecule has 0 bridgehead atoms. The Kier molecular flexibility index (Phi) is 5.93. The fourth-order valence-corrected chi connectivity index (χ4v) is 1.81. The van der Waals surface area contributed by atoms with Crippen LogP contribution in [0.4, 0.5) is 0 Å². The molecule has 0 heterocycles. The highest BCUT2D eigenvalue weighted by Gasteiger charge is 2.11. The van der Waals surface area contributed by atoms with Gasteiger partial charge in [-0.15, -0.1) is 0 Å². The summed E-state index contributed by atoms with van der Waals surface area (Å²) in [4.78, 5) is 13.6. The zero-order valence-corrected chi connectivity index (χ0v) is 11.1. The molecular formula is C15H20N2O. The van der Waals surface area contributed by atoms with Crippen molar-refractivity contribution in [2.45, 2.75) is 33.1 Å². The first-order chi connectivity index (χ1) is 8.67. The molecule has 3 nitrogen and oxygen atoms in total. The molecule has 1 amide bonds. The Balaban J connectivity index is 2.48. The lowest BCUT2D eigenvalue weighted by molar-refractivity contribution is -0.130. The van der Waals surface area contributed by atoms with Crippen molar-refractivity contribution in [2.75, 3.05) is 13.1 Å². The van der Waals surface area contributed by atoms with Crippen molar-refractivity contribution in [1.82, 2.24) is 4.90 Å². The average molecular weight is 244 g/mol. The Hall–Kier alpha value is -1.82. The third kappa shape index (κ3) is 4.58. The van der Waals surface area contributed by atoms with E-state index in [4.69, 9.17) is 5.26 Å². The third-order valence-electron chi connectivity index (χ3n) is 2.86. The molecule has 0 saturated heterocycles. The van der Waals surface area contributed by atoms with Gasteiger partial charge in [-0.3, -0.25) is 4.79 Å². The van der Waals surface area contributed by atoms with Crippen LogP contribution in [0.3, 0.4) is 0 Å². The normalized spacial score (nSPS) is 9.83. The van der Waals surface area contributed by atoms with E-state index in [1.807, 2.05) is 19.9 Å². The molecule has 18 heavy (non-hydrogen) atoms. The molecule has 0 aliphatic rings. The minimum atomic E-state index is 0.0685. The van der Waals surface area contributed by atoms with Crippen LogP contribution in [0.2, 0.25) is 0 Å². The smallest absolute Gasteiger partial charge is 0.223 e. The molecule has 1 rings (SSSR count). The van der Waals surface area contributed by atoms with Gasteiger partial charge in [0.1, 0.15) is 6.54 Å². The van der Waals surface area contributed by atoms with Crippen molar-refractivity contribution in [2.24, 2.45) is 0 Å². The maximum absolute atomic E-state index is 11.9. The van der Waals surface area contributed by atoms with E-state index in [-0.39, 0.29) is 12.5 Å². The van der Waals surface area contributed by atoms with E-state index < -0.39 is 0 Å². The van der Waals surface area contributed by atoms with E-state index in [0.29, 0.717) is 13.0 Å². The number of amides is 1. The number of nitrogens with zero attached hydrogens (tertiary/aromatic N) is 2. The van der Waals surface area contributed by atoms with Crippen LogP contribution >= 0.6 is 0 Å². The zero-order valence-electron chi connectivity index (χ0n) is 11.1. The molecule has 0 atom stereocenters. The first kappa shape index (κ1) is 14.2. The molecule has 0 unspecified atom stereocenters. The lowest BCUT2D eigenvalue weighted by Crippen LogP contribution is -2.32. The van der Waals surface area contributed by atoms with Crippen LogP contribution in [0.25, 0.3) is 0 Å². The predicted octanol–water partition coefficient (Wildman–Crippen LogP) is 2.69. The van der Waals surface area contributed by atoms with Gasteiger partial charge in [0.2, 0.25) is 5.91 Å². The van der Waals surface area contributed by atoms with E-state index in [2.05, 4.69) is 24.3 Å². The van der Waals surface area contributed by atoms with Gasteiger partial charge in [0.25, 0.3) is 0 Å². The minimum Gasteiger partial charge on any atom is -0.329 e. The predicted molar refractivity (Wildman–Crippen MR) is 72.0 cm³/mol. The number of carbonyl (C=O) groups excluding carboxylic acids is 1. The fourth-order valence-electron chi connectivity index (χ4n) is 1.81. The summed E-state index contributed by atoms with van der Waals surface area (Å²) in [5.41, 5.74) is 2.39. The quantitative estimate of drug-likeness (QED) is 0.722. The molecule has 0 spiro atoms. The van der Waals surface area contributed by atoms with Crippen LogP contribution in [-0.2, 0) is 11.2 Å². The first-order valence-corrected chi connectivity index (χ1v) is 6.37. The Labute approximate surface area is 109 Å². The summed E-state index contributed by atoms with van der Waals surface area (Å²) < 4.78 is 0. The van der Waals surface area contributed by atoms with Gasteiger partial charge < -0.3 is 4.90 Å². The summed E-state index contributed by atoms with van der Waals surface area (Å²) in [5, 5.41) is 8.68. The summed E-state index contributed by atoms with van der Waals surface area (Å²) >= 11 is 0. The first-order valence-electron chi connectivity index (χ1n) is 6.37. The second kappa shape index (κ2) is 7.50. The number of carbonyl (C=O) groups is 1. The molecule has 0 fully saturated rings. The number of aryl methyl sites for hydroxylation is 2. The lowest BCUT2D eigenvalue weighted by atomic mass is 10.1. The number of nitriles is 1. The van der Waals surface area contributed by atoms with E-state index in [1.165, 1.54) is 11.1 Å². The highest BCUT2D eigenvalue weighted by Crippen LogP contribution is 2.07. The van der Waals surface area contributed by atoms with Gasteiger partial charge in [-0.05, 0) is 25.3 Å². The topological polar surface area (TPSA) is 44.1 Å². The molecule has 96 valence electrons. The summed E-state index contributed by atoms with van der Waals surface area (Å²) in [6.07, 6.45) is 2.10. The Morgan fingerprint density at radius 1 is 1.33 bits per heavy atom. The average Bonchev–Trinajstić information content (AvgIpc) is 2.37. The van der Waals surface area contributed by atoms with Gasteiger partial charge in [-0.2, -0.15) is 5.26 Å². The molecular weight excluding hydrogens is 224 g/mol. The lowest BCUT2D eigenvalue weighted by Gasteiger charge is -2.18. The number of hydrogen-bond acceptors (Lipinski definition) is 2. The van der Waals surface area contributed by atoms with Crippen molar-refractivity contribution in [3.63, 3.8) is 0 Å². The SMILES string of the molecule is CCCN(CC#N)C(=O)CCc1ccc(C)cc1. The molecule has 3 heteroatoms. The Bertz CT molecular complexity index is 417. The molecule has 0 aliphatic heterocycles. The van der Waals surface area contributed by atoms with Gasteiger partial charge in [-0.1, -0.05) is 36.8 Å². The van der Waals surface area contributed by atoms with Crippen molar-refractivity contribution >= 4 is 5.91 Å². The molecule has 0 aliphatic carbocycles. The maximum Gasteiger partial charge on any atom is 0.223 e. The van der Waals surface area contributed by atoms with Crippen LogP contribution < -0.4 is 0 Å². The number of hydrogen-bond donors (Lipinski definition) is 0. The summed E-state index contributed by atoms with van der Waals surface area (Å²) in [6, 6.07) is 10.3. The molecule has 0 radical (unpaired) electrons. The van der Waals surface area contributed by atoms with Crippen molar-refractivity contribution < 1.29 is 4.79 Å². The van der Waals surface area contributed by atoms with Gasteiger partial charge in [0.05, 0.1) is 6.07 Å². The highest BCUT2D eigenvalue weighted by atomic mass is 16.2. The highest BCUT2D eigenvalue weighted by molar-refractivity contribution is 5.76. The summed E-state index contributed by atoms with van der Waals surface area (Å²) in [6.45, 7) is 4.92. The Morgan fingerprint density at radius 3 is 2.56 bits per heavy atom. The second-order valence-corrected chi connectivity index (χ2v) is 4.46. The molecule has 1 aromatic carbocycles. The van der Waals surface area contributed by atoms with Gasteiger partial charge in [-0.25, -0.2) is 0 Å². The van der Waals surface area contributed by atoms with Crippen LogP contribution in [0.5, 0.6) is 0 Å². The number of rotatable bonds is 6. The van der Waals surface area contributed by atoms with E-state index in [9.17, 15) is 4.79 Å². The number of benzene rings is 1. The van der Waals surface area contributed by atoms with Crippen molar-refractivity contribution in [3.8, 4) is 6.07 Å². The third-order valence-corrected chi connectivity index (χ3v) is 2.86. The Morgan fingerprint density at radius 2 is 2.00 bits per heavy atom. The van der Waals surface area contributed by atoms with Gasteiger partial charge in [0.15, 0.2) is 0 Å². The fraction of sp³-hybridized carbons (Fsp3) is 0.467. The maximum atomic E-state index is 11.9. The van der Waals surface area contributed by atoms with Crippen LogP contribution in [-0.4, -0.2) is 23.9 Å². The van der Waals surface area contributed by atoms with Crippen molar-refractivity contribution in [3.05, 3.63) is 35.4 Å².